The molecule has 3 heterocycles. The molecule has 6 heteroatoms. The van der Waals surface area contributed by atoms with E-state index in [4.69, 9.17) is 9.47 Å². The lowest BCUT2D eigenvalue weighted by Crippen LogP contribution is -2.31. The van der Waals surface area contributed by atoms with Crippen molar-refractivity contribution in [2.45, 2.75) is 32.0 Å². The van der Waals surface area contributed by atoms with Gasteiger partial charge in [-0.05, 0) is 35.2 Å². The van der Waals surface area contributed by atoms with E-state index < -0.39 is 0 Å². The SMILES string of the molecule is COc1ncc(CN(Cc2ccsc2)CC2CCCO2)cn1. The van der Waals surface area contributed by atoms with Gasteiger partial charge in [0.2, 0.25) is 0 Å². The molecule has 1 aliphatic heterocycles. The summed E-state index contributed by atoms with van der Waals surface area (Å²) in [6.07, 6.45) is 6.34. The van der Waals surface area contributed by atoms with Crippen LogP contribution in [-0.4, -0.2) is 41.2 Å². The maximum Gasteiger partial charge on any atom is 0.316 e. The maximum atomic E-state index is 5.79. The molecule has 0 bridgehead atoms. The summed E-state index contributed by atoms with van der Waals surface area (Å²) >= 11 is 1.74. The second kappa shape index (κ2) is 7.67. The van der Waals surface area contributed by atoms with E-state index in [1.54, 1.807) is 18.4 Å². The van der Waals surface area contributed by atoms with Gasteiger partial charge < -0.3 is 9.47 Å². The fraction of sp³-hybridized carbons (Fsp3) is 0.500. The molecule has 22 heavy (non-hydrogen) atoms. The number of nitrogens with zero attached hydrogens (tertiary/aromatic N) is 3. The lowest BCUT2D eigenvalue weighted by atomic mass is 10.2. The predicted octanol–water partition coefficient (Wildman–Crippen LogP) is 2.73. The summed E-state index contributed by atoms with van der Waals surface area (Å²) in [4.78, 5) is 10.8. The maximum absolute atomic E-state index is 5.79. The second-order valence-corrected chi connectivity index (χ2v) is 6.29. The minimum Gasteiger partial charge on any atom is -0.467 e. The highest BCUT2D eigenvalue weighted by Gasteiger charge is 2.20. The topological polar surface area (TPSA) is 47.5 Å². The predicted molar refractivity (Wildman–Crippen MR) is 86.0 cm³/mol. The molecule has 2 aromatic rings. The van der Waals surface area contributed by atoms with Gasteiger partial charge >= 0.3 is 6.01 Å². The van der Waals surface area contributed by atoms with Crippen LogP contribution in [0.2, 0.25) is 0 Å². The smallest absolute Gasteiger partial charge is 0.316 e. The number of hydrogen-bond donors (Lipinski definition) is 0. The third-order valence-electron chi connectivity index (χ3n) is 3.74. The van der Waals surface area contributed by atoms with Gasteiger partial charge in [-0.1, -0.05) is 0 Å². The van der Waals surface area contributed by atoms with Crippen molar-refractivity contribution in [2.24, 2.45) is 0 Å². The highest BCUT2D eigenvalue weighted by atomic mass is 32.1. The molecule has 0 N–H and O–H groups in total. The zero-order valence-electron chi connectivity index (χ0n) is 12.8. The van der Waals surface area contributed by atoms with E-state index in [9.17, 15) is 0 Å². The van der Waals surface area contributed by atoms with Crippen LogP contribution in [0.3, 0.4) is 0 Å². The summed E-state index contributed by atoms with van der Waals surface area (Å²) in [6, 6.07) is 2.59. The van der Waals surface area contributed by atoms with E-state index in [0.717, 1.165) is 38.2 Å². The Morgan fingerprint density at radius 3 is 2.77 bits per heavy atom. The fourth-order valence-electron chi connectivity index (χ4n) is 2.69. The third kappa shape index (κ3) is 4.25. The summed E-state index contributed by atoms with van der Waals surface area (Å²) in [5.74, 6) is 0. The van der Waals surface area contributed by atoms with E-state index in [2.05, 4.69) is 31.7 Å². The number of ether oxygens (including phenoxy) is 2. The Morgan fingerprint density at radius 1 is 1.32 bits per heavy atom. The van der Waals surface area contributed by atoms with Crippen LogP contribution < -0.4 is 4.74 Å². The first-order chi connectivity index (χ1) is 10.8. The van der Waals surface area contributed by atoms with Gasteiger partial charge in [0.05, 0.1) is 13.2 Å². The van der Waals surface area contributed by atoms with Gasteiger partial charge in [-0.2, -0.15) is 11.3 Å². The lowest BCUT2D eigenvalue weighted by Gasteiger charge is -2.24. The van der Waals surface area contributed by atoms with Crippen molar-refractivity contribution in [3.8, 4) is 6.01 Å². The molecule has 0 radical (unpaired) electrons. The molecule has 5 nitrogen and oxygen atoms in total. The summed E-state index contributed by atoms with van der Waals surface area (Å²) in [6.45, 7) is 3.58. The zero-order chi connectivity index (χ0) is 15.2. The second-order valence-electron chi connectivity index (χ2n) is 5.51. The van der Waals surface area contributed by atoms with E-state index in [1.807, 2.05) is 12.4 Å². The van der Waals surface area contributed by atoms with Crippen molar-refractivity contribution < 1.29 is 9.47 Å². The van der Waals surface area contributed by atoms with Crippen LogP contribution in [0.25, 0.3) is 0 Å². The molecule has 3 rings (SSSR count). The Bertz CT molecular complexity index is 553. The van der Waals surface area contributed by atoms with Crippen LogP contribution >= 0.6 is 11.3 Å². The Hall–Kier alpha value is -1.50. The van der Waals surface area contributed by atoms with Crippen molar-refractivity contribution in [1.82, 2.24) is 14.9 Å². The first-order valence-corrected chi connectivity index (χ1v) is 8.47. The van der Waals surface area contributed by atoms with Crippen LogP contribution in [0.4, 0.5) is 0 Å². The molecule has 0 spiro atoms. The minimum absolute atomic E-state index is 0.345. The summed E-state index contributed by atoms with van der Waals surface area (Å²) in [7, 11) is 1.58. The van der Waals surface area contributed by atoms with Crippen LogP contribution in [0.15, 0.2) is 29.2 Å². The molecule has 0 aliphatic carbocycles. The molecular weight excluding hydrogens is 298 g/mol. The molecule has 0 amide bonds. The van der Waals surface area contributed by atoms with Gasteiger partial charge in [0.25, 0.3) is 0 Å². The van der Waals surface area contributed by atoms with Gasteiger partial charge in [-0.3, -0.25) is 4.90 Å². The van der Waals surface area contributed by atoms with Gasteiger partial charge in [-0.25, -0.2) is 9.97 Å². The normalized spacial score (nSPS) is 18.0. The first-order valence-electron chi connectivity index (χ1n) is 7.53. The third-order valence-corrected chi connectivity index (χ3v) is 4.47. The van der Waals surface area contributed by atoms with E-state index in [1.165, 1.54) is 12.0 Å². The molecule has 1 aliphatic rings. The Kier molecular flexibility index (Phi) is 5.37. The molecule has 0 saturated carbocycles. The fourth-order valence-corrected chi connectivity index (χ4v) is 3.35. The summed E-state index contributed by atoms with van der Waals surface area (Å²) in [5, 5.41) is 4.32. The molecule has 0 aromatic carbocycles. The Morgan fingerprint density at radius 2 is 2.14 bits per heavy atom. The highest BCUT2D eigenvalue weighted by molar-refractivity contribution is 7.07. The largest absolute Gasteiger partial charge is 0.467 e. The van der Waals surface area contributed by atoms with E-state index in [0.29, 0.717) is 12.1 Å². The molecular formula is C16H21N3O2S. The van der Waals surface area contributed by atoms with Crippen LogP contribution in [0.1, 0.15) is 24.0 Å². The van der Waals surface area contributed by atoms with E-state index in [-0.39, 0.29) is 0 Å². The number of hydrogen-bond acceptors (Lipinski definition) is 6. The van der Waals surface area contributed by atoms with E-state index >= 15 is 0 Å². The Balaban J connectivity index is 1.65. The molecule has 118 valence electrons. The quantitative estimate of drug-likeness (QED) is 0.785. The minimum atomic E-state index is 0.345. The number of aromatic nitrogens is 2. The zero-order valence-corrected chi connectivity index (χ0v) is 13.6. The lowest BCUT2D eigenvalue weighted by molar-refractivity contribution is 0.0678. The van der Waals surface area contributed by atoms with Crippen molar-refractivity contribution in [1.29, 1.82) is 0 Å². The van der Waals surface area contributed by atoms with Crippen molar-refractivity contribution >= 4 is 11.3 Å². The number of thiophene rings is 1. The van der Waals surface area contributed by atoms with Gasteiger partial charge in [0.1, 0.15) is 0 Å². The molecule has 1 unspecified atom stereocenters. The average molecular weight is 319 g/mol. The van der Waals surface area contributed by atoms with Crippen molar-refractivity contribution in [3.05, 3.63) is 40.3 Å². The van der Waals surface area contributed by atoms with Crippen LogP contribution in [0.5, 0.6) is 6.01 Å². The Labute approximate surface area is 134 Å². The highest BCUT2D eigenvalue weighted by Crippen LogP contribution is 2.18. The first kappa shape index (κ1) is 15.4. The van der Waals surface area contributed by atoms with Gasteiger partial charge in [0, 0.05) is 44.2 Å². The monoisotopic (exact) mass is 319 g/mol. The summed E-state index contributed by atoms with van der Waals surface area (Å²) < 4.78 is 10.8. The average Bonchev–Trinajstić information content (AvgIpc) is 3.22. The van der Waals surface area contributed by atoms with Crippen molar-refractivity contribution in [3.63, 3.8) is 0 Å². The molecule has 1 saturated heterocycles. The molecule has 1 fully saturated rings. The van der Waals surface area contributed by atoms with Gasteiger partial charge in [0.15, 0.2) is 0 Å². The summed E-state index contributed by atoms with van der Waals surface area (Å²) in [5.41, 5.74) is 2.44. The van der Waals surface area contributed by atoms with Crippen molar-refractivity contribution in [2.75, 3.05) is 20.3 Å². The number of methoxy groups -OCH3 is 1. The van der Waals surface area contributed by atoms with Gasteiger partial charge in [-0.15, -0.1) is 0 Å². The molecule has 2 aromatic heterocycles. The number of rotatable bonds is 7. The molecule has 1 atom stereocenters. The van der Waals surface area contributed by atoms with Crippen LogP contribution in [-0.2, 0) is 17.8 Å². The standard InChI is InChI=1S/C16H21N3O2S/c1-20-16-17-7-14(8-18-16)10-19(9-13-4-6-22-12-13)11-15-3-2-5-21-15/h4,6-8,12,15H,2-3,5,9-11H2,1H3. The van der Waals surface area contributed by atoms with Crippen LogP contribution in [0, 0.1) is 0 Å².